The van der Waals surface area contributed by atoms with Gasteiger partial charge in [-0.25, -0.2) is 4.39 Å². The molecule has 0 aliphatic rings. The maximum absolute atomic E-state index is 13.4. The summed E-state index contributed by atoms with van der Waals surface area (Å²) in [5.74, 6) is 0.316. The predicted molar refractivity (Wildman–Crippen MR) is 74.6 cm³/mol. The van der Waals surface area contributed by atoms with Gasteiger partial charge >= 0.3 is 0 Å². The molecule has 0 amide bonds. The summed E-state index contributed by atoms with van der Waals surface area (Å²) >= 11 is 3.35. The molecule has 0 aliphatic heterocycles. The van der Waals surface area contributed by atoms with E-state index in [0.29, 0.717) is 5.92 Å². The molecule has 1 rings (SSSR count). The molecular weight excluding hydrogens is 281 g/mol. The van der Waals surface area contributed by atoms with Crippen molar-refractivity contribution in [2.24, 2.45) is 5.92 Å². The van der Waals surface area contributed by atoms with Crippen LogP contribution in [-0.4, -0.2) is 6.54 Å². The van der Waals surface area contributed by atoms with Crippen molar-refractivity contribution in [3.63, 3.8) is 0 Å². The second-order valence-corrected chi connectivity index (χ2v) is 5.44. The van der Waals surface area contributed by atoms with Crippen molar-refractivity contribution in [1.82, 2.24) is 5.32 Å². The van der Waals surface area contributed by atoms with Crippen LogP contribution in [-0.2, 0) is 0 Å². The van der Waals surface area contributed by atoms with E-state index in [2.05, 4.69) is 42.0 Å². The Morgan fingerprint density at radius 1 is 1.29 bits per heavy atom. The summed E-state index contributed by atoms with van der Waals surface area (Å²) in [5.41, 5.74) is 1.03. The Kier molecular flexibility index (Phi) is 6.14. The van der Waals surface area contributed by atoms with Gasteiger partial charge in [0.2, 0.25) is 0 Å². The van der Waals surface area contributed by atoms with E-state index in [9.17, 15) is 4.39 Å². The Balaban J connectivity index is 2.94. The first-order valence-electron chi connectivity index (χ1n) is 6.27. The largest absolute Gasteiger partial charge is 0.310 e. The third kappa shape index (κ3) is 4.40. The maximum Gasteiger partial charge on any atom is 0.124 e. The lowest BCUT2D eigenvalue weighted by Gasteiger charge is -2.25. The van der Waals surface area contributed by atoms with Crippen LogP contribution in [0.3, 0.4) is 0 Å². The number of hydrogen-bond donors (Lipinski definition) is 1. The first-order valence-corrected chi connectivity index (χ1v) is 7.07. The minimum atomic E-state index is -0.180. The number of hydrogen-bond acceptors (Lipinski definition) is 1. The minimum Gasteiger partial charge on any atom is -0.310 e. The molecule has 0 radical (unpaired) electrons. The fourth-order valence-electron chi connectivity index (χ4n) is 1.94. The lowest BCUT2D eigenvalue weighted by Crippen LogP contribution is -2.27. The summed E-state index contributed by atoms with van der Waals surface area (Å²) in [6.45, 7) is 7.47. The third-order valence-corrected chi connectivity index (χ3v) is 3.53. The number of halogens is 2. The van der Waals surface area contributed by atoms with Gasteiger partial charge in [-0.15, -0.1) is 0 Å². The van der Waals surface area contributed by atoms with Gasteiger partial charge in [0.1, 0.15) is 5.82 Å². The van der Waals surface area contributed by atoms with E-state index in [1.807, 2.05) is 6.07 Å². The lowest BCUT2D eigenvalue weighted by atomic mass is 9.92. The maximum atomic E-state index is 13.4. The number of rotatable bonds is 6. The van der Waals surface area contributed by atoms with Crippen LogP contribution in [0.15, 0.2) is 22.7 Å². The average molecular weight is 302 g/mol. The van der Waals surface area contributed by atoms with Gasteiger partial charge in [0.25, 0.3) is 0 Å². The zero-order valence-corrected chi connectivity index (χ0v) is 12.3. The lowest BCUT2D eigenvalue weighted by molar-refractivity contribution is 0.376. The smallest absolute Gasteiger partial charge is 0.124 e. The first kappa shape index (κ1) is 14.7. The minimum absolute atomic E-state index is 0.180. The molecule has 1 N–H and O–H groups in total. The van der Waals surface area contributed by atoms with Crippen LogP contribution < -0.4 is 5.32 Å². The van der Waals surface area contributed by atoms with Crippen molar-refractivity contribution >= 4 is 15.9 Å². The molecule has 17 heavy (non-hydrogen) atoms. The summed E-state index contributed by atoms with van der Waals surface area (Å²) in [4.78, 5) is 0. The average Bonchev–Trinajstić information content (AvgIpc) is 2.28. The molecule has 0 fully saturated rings. The summed E-state index contributed by atoms with van der Waals surface area (Å²) in [5, 5.41) is 3.50. The van der Waals surface area contributed by atoms with Gasteiger partial charge in [-0.1, -0.05) is 43.1 Å². The van der Waals surface area contributed by atoms with Crippen LogP contribution >= 0.6 is 15.9 Å². The summed E-state index contributed by atoms with van der Waals surface area (Å²) in [6.07, 6.45) is 2.17. The first-order chi connectivity index (χ1) is 8.08. The monoisotopic (exact) mass is 301 g/mol. The third-order valence-electron chi connectivity index (χ3n) is 3.07. The van der Waals surface area contributed by atoms with E-state index in [1.54, 1.807) is 6.07 Å². The quantitative estimate of drug-likeness (QED) is 0.805. The molecule has 0 saturated carbocycles. The predicted octanol–water partition coefficient (Wildman–Crippen LogP) is 4.68. The van der Waals surface area contributed by atoms with Gasteiger partial charge in [0.15, 0.2) is 0 Å². The molecule has 1 aromatic carbocycles. The van der Waals surface area contributed by atoms with Gasteiger partial charge in [-0.2, -0.15) is 0 Å². The van der Waals surface area contributed by atoms with Gasteiger partial charge in [-0.3, -0.25) is 0 Å². The van der Waals surface area contributed by atoms with E-state index in [0.717, 1.165) is 29.4 Å². The van der Waals surface area contributed by atoms with Gasteiger partial charge in [0.05, 0.1) is 0 Å². The molecule has 1 aromatic rings. The SMILES string of the molecule is CCCNC(c1cc(F)cc(Br)c1)C(C)CC. The van der Waals surface area contributed by atoms with Crippen molar-refractivity contribution < 1.29 is 4.39 Å². The van der Waals surface area contributed by atoms with E-state index >= 15 is 0 Å². The molecule has 0 aliphatic carbocycles. The zero-order valence-electron chi connectivity index (χ0n) is 10.8. The Labute approximate surface area is 112 Å². The summed E-state index contributed by atoms with van der Waals surface area (Å²) < 4.78 is 14.2. The van der Waals surface area contributed by atoms with Crippen molar-refractivity contribution in [3.8, 4) is 0 Å². The van der Waals surface area contributed by atoms with Crippen LogP contribution in [0, 0.1) is 11.7 Å². The summed E-state index contributed by atoms with van der Waals surface area (Å²) in [7, 11) is 0. The number of nitrogens with one attached hydrogen (secondary N) is 1. The Morgan fingerprint density at radius 2 is 2.00 bits per heavy atom. The standard InChI is InChI=1S/C14H21BrFN/c1-4-6-17-14(10(3)5-2)11-7-12(15)9-13(16)8-11/h7-10,14,17H,4-6H2,1-3H3. The van der Waals surface area contributed by atoms with Crippen LogP contribution in [0.1, 0.15) is 45.2 Å². The van der Waals surface area contributed by atoms with Crippen LogP contribution in [0.4, 0.5) is 4.39 Å². The highest BCUT2D eigenvalue weighted by Gasteiger charge is 2.18. The molecule has 2 unspecified atom stereocenters. The molecule has 1 nitrogen and oxygen atoms in total. The van der Waals surface area contributed by atoms with Gasteiger partial charge in [-0.05, 0) is 42.6 Å². The molecule has 0 spiro atoms. The molecular formula is C14H21BrFN. The Bertz CT molecular complexity index is 334. The molecule has 3 heteroatoms. The van der Waals surface area contributed by atoms with Crippen molar-refractivity contribution in [1.29, 1.82) is 0 Å². The van der Waals surface area contributed by atoms with Gasteiger partial charge in [0, 0.05) is 10.5 Å². The molecule has 2 atom stereocenters. The molecule has 0 heterocycles. The van der Waals surface area contributed by atoms with Crippen molar-refractivity contribution in [2.75, 3.05) is 6.54 Å². The van der Waals surface area contributed by atoms with Crippen molar-refractivity contribution in [2.45, 2.75) is 39.7 Å². The van der Waals surface area contributed by atoms with Crippen LogP contribution in [0.5, 0.6) is 0 Å². The Morgan fingerprint density at radius 3 is 2.53 bits per heavy atom. The van der Waals surface area contributed by atoms with Crippen molar-refractivity contribution in [3.05, 3.63) is 34.1 Å². The molecule has 96 valence electrons. The molecule has 0 aromatic heterocycles. The fraction of sp³-hybridized carbons (Fsp3) is 0.571. The fourth-order valence-corrected chi connectivity index (χ4v) is 2.42. The topological polar surface area (TPSA) is 12.0 Å². The second-order valence-electron chi connectivity index (χ2n) is 4.52. The van der Waals surface area contributed by atoms with Crippen LogP contribution in [0.25, 0.3) is 0 Å². The van der Waals surface area contributed by atoms with Gasteiger partial charge < -0.3 is 5.32 Å². The highest BCUT2D eigenvalue weighted by Crippen LogP contribution is 2.27. The number of benzene rings is 1. The van der Waals surface area contributed by atoms with E-state index in [-0.39, 0.29) is 11.9 Å². The zero-order chi connectivity index (χ0) is 12.8. The Hall–Kier alpha value is -0.410. The normalized spacial score (nSPS) is 14.6. The van der Waals surface area contributed by atoms with Crippen LogP contribution in [0.2, 0.25) is 0 Å². The second kappa shape index (κ2) is 7.12. The summed E-state index contributed by atoms with van der Waals surface area (Å²) in [6, 6.07) is 5.36. The highest BCUT2D eigenvalue weighted by molar-refractivity contribution is 9.10. The van der Waals surface area contributed by atoms with E-state index < -0.39 is 0 Å². The highest BCUT2D eigenvalue weighted by atomic mass is 79.9. The van der Waals surface area contributed by atoms with E-state index in [1.165, 1.54) is 6.07 Å². The molecule has 0 saturated heterocycles. The van der Waals surface area contributed by atoms with E-state index in [4.69, 9.17) is 0 Å². The molecule has 0 bridgehead atoms.